The van der Waals surface area contributed by atoms with Crippen molar-refractivity contribution in [1.82, 2.24) is 5.16 Å². The molecular formula is C11H19NO3Si. The van der Waals surface area contributed by atoms with Gasteiger partial charge in [-0.15, -0.1) is 0 Å². The van der Waals surface area contributed by atoms with Crippen LogP contribution in [-0.2, 0) is 4.43 Å². The Hall–Kier alpha value is -0.943. The van der Waals surface area contributed by atoms with E-state index in [1.807, 2.05) is 0 Å². The molecule has 0 aromatic carbocycles. The summed E-state index contributed by atoms with van der Waals surface area (Å²) in [5.41, 5.74) is 0.245. The summed E-state index contributed by atoms with van der Waals surface area (Å²) in [4.78, 5) is 10.6. The van der Waals surface area contributed by atoms with Gasteiger partial charge in [-0.2, -0.15) is 0 Å². The van der Waals surface area contributed by atoms with E-state index in [0.29, 0.717) is 17.7 Å². The van der Waals surface area contributed by atoms with E-state index in [2.05, 4.69) is 39.0 Å². The van der Waals surface area contributed by atoms with Crippen LogP contribution in [0.25, 0.3) is 0 Å². The van der Waals surface area contributed by atoms with Gasteiger partial charge in [-0.3, -0.25) is 4.79 Å². The van der Waals surface area contributed by atoms with Gasteiger partial charge in [0.1, 0.15) is 11.8 Å². The average Bonchev–Trinajstić information content (AvgIpc) is 2.60. The minimum Gasteiger partial charge on any atom is -0.410 e. The van der Waals surface area contributed by atoms with Crippen LogP contribution < -0.4 is 0 Å². The van der Waals surface area contributed by atoms with Gasteiger partial charge in [-0.05, 0) is 18.5 Å². The Morgan fingerprint density at radius 1 is 1.50 bits per heavy atom. The van der Waals surface area contributed by atoms with E-state index in [1.54, 1.807) is 6.07 Å². The maximum Gasteiger partial charge on any atom is 0.172 e. The van der Waals surface area contributed by atoms with Gasteiger partial charge in [0.2, 0.25) is 0 Å². The lowest BCUT2D eigenvalue weighted by Crippen LogP contribution is -2.25. The number of nitrogens with zero attached hydrogens (tertiary/aromatic N) is 1. The van der Waals surface area contributed by atoms with Crippen molar-refractivity contribution in [3.05, 3.63) is 17.5 Å². The number of carbonyl (C=O) groups is 1. The van der Waals surface area contributed by atoms with Gasteiger partial charge in [0, 0.05) is 6.07 Å². The van der Waals surface area contributed by atoms with E-state index < -0.39 is 9.04 Å². The number of aldehydes is 1. The van der Waals surface area contributed by atoms with E-state index in [9.17, 15) is 4.79 Å². The summed E-state index contributed by atoms with van der Waals surface area (Å²) in [6, 6.07) is 1.65. The van der Waals surface area contributed by atoms with E-state index in [-0.39, 0.29) is 11.5 Å². The first-order valence-electron chi connectivity index (χ1n) is 5.42. The molecule has 0 saturated carbocycles. The second-order valence-corrected chi connectivity index (χ2v) is 7.57. The summed E-state index contributed by atoms with van der Waals surface area (Å²) in [6.45, 7) is 10.5. The molecule has 1 heterocycles. The minimum absolute atomic E-state index is 0.0725. The Labute approximate surface area is 97.7 Å². The van der Waals surface area contributed by atoms with Gasteiger partial charge in [0.15, 0.2) is 21.1 Å². The first kappa shape index (κ1) is 13.1. The fourth-order valence-electron chi connectivity index (χ4n) is 1.45. The lowest BCUT2D eigenvalue weighted by atomic mass is 9.88. The number of carbonyl (C=O) groups excluding carboxylic acids is 1. The summed E-state index contributed by atoms with van der Waals surface area (Å²) >= 11 is 0. The molecule has 1 atom stereocenters. The SMILES string of the molecule is C[SiH](C)OC(c1cc(C=O)no1)C(C)(C)C. The van der Waals surface area contributed by atoms with E-state index in [1.165, 1.54) is 0 Å². The van der Waals surface area contributed by atoms with Crippen LogP contribution in [-0.4, -0.2) is 20.5 Å². The zero-order valence-electron chi connectivity index (χ0n) is 10.5. The van der Waals surface area contributed by atoms with Crippen molar-refractivity contribution in [1.29, 1.82) is 0 Å². The number of hydrogen-bond donors (Lipinski definition) is 0. The van der Waals surface area contributed by atoms with Crippen LogP contribution in [0.4, 0.5) is 0 Å². The summed E-state index contributed by atoms with van der Waals surface area (Å²) in [5, 5.41) is 3.67. The zero-order chi connectivity index (χ0) is 12.3. The Kier molecular flexibility index (Phi) is 4.04. The second kappa shape index (κ2) is 4.93. The predicted molar refractivity (Wildman–Crippen MR) is 64.0 cm³/mol. The summed E-state index contributed by atoms with van der Waals surface area (Å²) in [5.74, 6) is 0.635. The van der Waals surface area contributed by atoms with Gasteiger partial charge >= 0.3 is 0 Å². The van der Waals surface area contributed by atoms with E-state index >= 15 is 0 Å². The first-order valence-corrected chi connectivity index (χ1v) is 8.20. The molecule has 1 unspecified atom stereocenters. The van der Waals surface area contributed by atoms with Crippen molar-refractivity contribution in [3.63, 3.8) is 0 Å². The highest BCUT2D eigenvalue weighted by atomic mass is 28.3. The molecule has 90 valence electrons. The molecule has 0 aliphatic heterocycles. The molecule has 0 spiro atoms. The molecule has 1 rings (SSSR count). The van der Waals surface area contributed by atoms with Crippen LogP contribution in [0.3, 0.4) is 0 Å². The van der Waals surface area contributed by atoms with Gasteiger partial charge in [0.25, 0.3) is 0 Å². The summed E-state index contributed by atoms with van der Waals surface area (Å²) in [6.07, 6.45) is 0.542. The molecule has 0 N–H and O–H groups in total. The maximum absolute atomic E-state index is 10.6. The molecule has 0 fully saturated rings. The van der Waals surface area contributed by atoms with Crippen molar-refractivity contribution >= 4 is 15.3 Å². The fourth-order valence-corrected chi connectivity index (χ4v) is 2.54. The monoisotopic (exact) mass is 241 g/mol. The van der Waals surface area contributed by atoms with Crippen LogP contribution in [0, 0.1) is 5.41 Å². The molecule has 0 saturated heterocycles. The van der Waals surface area contributed by atoms with Crippen molar-refractivity contribution in [2.24, 2.45) is 5.41 Å². The highest BCUT2D eigenvalue weighted by molar-refractivity contribution is 6.48. The average molecular weight is 241 g/mol. The molecule has 0 radical (unpaired) electrons. The summed E-state index contributed by atoms with van der Waals surface area (Å²) in [7, 11) is -1.17. The quantitative estimate of drug-likeness (QED) is 0.600. The van der Waals surface area contributed by atoms with Crippen LogP contribution in [0.5, 0.6) is 0 Å². The molecule has 0 amide bonds. The van der Waals surface area contributed by atoms with Gasteiger partial charge in [0.05, 0.1) is 0 Å². The predicted octanol–water partition coefficient (Wildman–Crippen LogP) is 2.57. The van der Waals surface area contributed by atoms with Crippen molar-refractivity contribution in [2.45, 2.75) is 40.0 Å². The van der Waals surface area contributed by atoms with E-state index in [4.69, 9.17) is 8.95 Å². The largest absolute Gasteiger partial charge is 0.410 e. The van der Waals surface area contributed by atoms with Crippen LogP contribution in [0.1, 0.15) is 43.1 Å². The van der Waals surface area contributed by atoms with Crippen molar-refractivity contribution in [2.75, 3.05) is 0 Å². The maximum atomic E-state index is 10.6. The highest BCUT2D eigenvalue weighted by Gasteiger charge is 2.31. The van der Waals surface area contributed by atoms with Crippen molar-refractivity contribution in [3.8, 4) is 0 Å². The Bertz CT molecular complexity index is 354. The van der Waals surface area contributed by atoms with Gasteiger partial charge < -0.3 is 8.95 Å². The lowest BCUT2D eigenvalue weighted by molar-refractivity contribution is 0.0602. The van der Waals surface area contributed by atoms with Crippen molar-refractivity contribution < 1.29 is 13.7 Å². The first-order chi connectivity index (χ1) is 7.34. The Balaban J connectivity index is 2.96. The minimum atomic E-state index is -1.17. The van der Waals surface area contributed by atoms with Gasteiger partial charge in [-0.1, -0.05) is 25.9 Å². The number of aromatic nitrogens is 1. The molecule has 16 heavy (non-hydrogen) atoms. The second-order valence-electron chi connectivity index (χ2n) is 5.20. The third kappa shape index (κ3) is 3.28. The summed E-state index contributed by atoms with van der Waals surface area (Å²) < 4.78 is 11.1. The molecule has 1 aromatic heterocycles. The van der Waals surface area contributed by atoms with Crippen LogP contribution in [0.2, 0.25) is 13.1 Å². The molecular weight excluding hydrogens is 222 g/mol. The lowest BCUT2D eigenvalue weighted by Gasteiger charge is -2.30. The standard InChI is InChI=1S/C11H19NO3Si/c1-11(2,3)10(15-16(4)5)9-6-8(7-13)12-14-9/h6-7,10,16H,1-5H3. The topological polar surface area (TPSA) is 52.3 Å². The normalized spacial score (nSPS) is 14.1. The Morgan fingerprint density at radius 2 is 2.12 bits per heavy atom. The molecule has 4 nitrogen and oxygen atoms in total. The molecule has 1 aromatic rings. The number of hydrogen-bond acceptors (Lipinski definition) is 4. The third-order valence-electron chi connectivity index (χ3n) is 2.12. The molecule has 5 heteroatoms. The van der Waals surface area contributed by atoms with Crippen LogP contribution >= 0.6 is 0 Å². The van der Waals surface area contributed by atoms with Gasteiger partial charge in [-0.25, -0.2) is 0 Å². The molecule has 0 aliphatic carbocycles. The molecule has 0 aliphatic rings. The smallest absolute Gasteiger partial charge is 0.172 e. The molecule has 0 bridgehead atoms. The number of rotatable bonds is 4. The van der Waals surface area contributed by atoms with Crippen LogP contribution in [0.15, 0.2) is 10.6 Å². The highest BCUT2D eigenvalue weighted by Crippen LogP contribution is 2.36. The fraction of sp³-hybridized carbons (Fsp3) is 0.636. The zero-order valence-corrected chi connectivity index (χ0v) is 11.6. The van der Waals surface area contributed by atoms with E-state index in [0.717, 1.165) is 0 Å². The Morgan fingerprint density at radius 3 is 2.50 bits per heavy atom. The third-order valence-corrected chi connectivity index (χ3v) is 2.94.